The predicted molar refractivity (Wildman–Crippen MR) is 151 cm³/mol. The van der Waals surface area contributed by atoms with Crippen LogP contribution in [0.2, 0.25) is 5.02 Å². The number of aromatic nitrogens is 2. The summed E-state index contributed by atoms with van der Waals surface area (Å²) in [5.41, 5.74) is 1.79. The summed E-state index contributed by atoms with van der Waals surface area (Å²) in [6, 6.07) is 19.5. The molecule has 1 amide bonds. The van der Waals surface area contributed by atoms with Crippen molar-refractivity contribution in [3.63, 3.8) is 0 Å². The molecule has 0 spiro atoms. The Morgan fingerprint density at radius 3 is 2.54 bits per heavy atom. The molecule has 1 aromatic heterocycles. The van der Waals surface area contributed by atoms with Gasteiger partial charge in [-0.15, -0.1) is 10.2 Å². The van der Waals surface area contributed by atoms with Crippen LogP contribution in [-0.4, -0.2) is 38.7 Å². The highest BCUT2D eigenvalue weighted by atomic mass is 35.5. The Labute approximate surface area is 237 Å². The zero-order chi connectivity index (χ0) is 27.5. The van der Waals surface area contributed by atoms with Gasteiger partial charge in [-0.2, -0.15) is 0 Å². The lowest BCUT2D eigenvalue weighted by atomic mass is 9.95. The van der Waals surface area contributed by atoms with E-state index in [0.717, 1.165) is 5.56 Å². The molecule has 2 N–H and O–H groups in total. The molecule has 1 saturated heterocycles. The molecular weight excluding hydrogens is 558 g/mol. The zero-order valence-electron chi connectivity index (χ0n) is 20.6. The van der Waals surface area contributed by atoms with E-state index in [1.165, 1.54) is 34.1 Å². The molecule has 1 fully saturated rings. The summed E-state index contributed by atoms with van der Waals surface area (Å²) in [5.74, 6) is -1.28. The molecule has 0 radical (unpaired) electrons. The number of hydrogen-bond donors (Lipinski definition) is 2. The number of aromatic hydroxyl groups is 1. The highest BCUT2D eigenvalue weighted by molar-refractivity contribution is 8.00. The van der Waals surface area contributed by atoms with Crippen LogP contribution >= 0.6 is 34.7 Å². The lowest BCUT2D eigenvalue weighted by molar-refractivity contribution is -0.132. The van der Waals surface area contributed by atoms with E-state index in [0.29, 0.717) is 32.8 Å². The number of aliphatic hydroxyl groups is 1. The fourth-order valence-corrected chi connectivity index (χ4v) is 6.10. The third-order valence-electron chi connectivity index (χ3n) is 5.97. The number of ketones is 1. The number of anilines is 1. The van der Waals surface area contributed by atoms with Crippen molar-refractivity contribution in [2.75, 3.05) is 11.5 Å². The van der Waals surface area contributed by atoms with Crippen molar-refractivity contribution in [3.05, 3.63) is 100 Å². The van der Waals surface area contributed by atoms with Crippen LogP contribution in [0.1, 0.15) is 29.7 Å². The monoisotopic (exact) mass is 579 g/mol. The molecule has 3 aromatic carbocycles. The van der Waals surface area contributed by atoms with Crippen LogP contribution in [0.4, 0.5) is 5.13 Å². The molecule has 1 aliphatic rings. The molecule has 11 heteroatoms. The molecule has 0 aliphatic carbocycles. The standard InChI is InChI=1S/C28H22ClN3O5S2/c1-2-37-21-14-18(10-13-20(21)33)23-22(24(34)17-6-4-3-5-7-17)25(35)26(36)32(23)27-30-31-28(39-27)38-15-16-8-11-19(29)12-9-16/h3-14,23,33-34H,2,15H2,1H3/b24-22-. The highest BCUT2D eigenvalue weighted by Crippen LogP contribution is 2.45. The molecule has 8 nitrogen and oxygen atoms in total. The zero-order valence-corrected chi connectivity index (χ0v) is 23.0. The van der Waals surface area contributed by atoms with Crippen molar-refractivity contribution < 1.29 is 24.5 Å². The fraction of sp³-hybridized carbons (Fsp3) is 0.143. The van der Waals surface area contributed by atoms with E-state index in [1.54, 1.807) is 49.4 Å². The highest BCUT2D eigenvalue weighted by Gasteiger charge is 2.48. The number of hydrogen-bond acceptors (Lipinski definition) is 9. The Morgan fingerprint density at radius 1 is 1.08 bits per heavy atom. The van der Waals surface area contributed by atoms with Crippen LogP contribution in [0.15, 0.2) is 82.7 Å². The number of benzene rings is 3. The first-order chi connectivity index (χ1) is 18.9. The van der Waals surface area contributed by atoms with Crippen LogP contribution in [0, 0.1) is 0 Å². The maximum Gasteiger partial charge on any atom is 0.301 e. The van der Waals surface area contributed by atoms with Crippen molar-refractivity contribution in [1.82, 2.24) is 10.2 Å². The van der Waals surface area contributed by atoms with E-state index in [-0.39, 0.29) is 28.0 Å². The number of halogens is 1. The molecule has 0 saturated carbocycles. The average molecular weight is 580 g/mol. The van der Waals surface area contributed by atoms with Crippen molar-refractivity contribution in [2.45, 2.75) is 23.1 Å². The van der Waals surface area contributed by atoms with Crippen LogP contribution in [0.3, 0.4) is 0 Å². The van der Waals surface area contributed by atoms with Gasteiger partial charge in [0.05, 0.1) is 18.2 Å². The maximum absolute atomic E-state index is 13.4. The van der Waals surface area contributed by atoms with Crippen molar-refractivity contribution in [1.29, 1.82) is 0 Å². The van der Waals surface area contributed by atoms with Crippen LogP contribution in [0.25, 0.3) is 5.76 Å². The molecule has 1 unspecified atom stereocenters. The van der Waals surface area contributed by atoms with Crippen molar-refractivity contribution in [3.8, 4) is 11.5 Å². The second-order valence-corrected chi connectivity index (χ2v) is 11.1. The summed E-state index contributed by atoms with van der Waals surface area (Å²) in [7, 11) is 0. The minimum Gasteiger partial charge on any atom is -0.507 e. The van der Waals surface area contributed by atoms with Crippen LogP contribution in [-0.2, 0) is 15.3 Å². The molecule has 39 heavy (non-hydrogen) atoms. The summed E-state index contributed by atoms with van der Waals surface area (Å²) in [5, 5.41) is 30.8. The second kappa shape index (κ2) is 11.5. The summed E-state index contributed by atoms with van der Waals surface area (Å²) in [4.78, 5) is 28.0. The Balaban J connectivity index is 1.56. The van der Waals surface area contributed by atoms with E-state index in [1.807, 2.05) is 24.3 Å². The van der Waals surface area contributed by atoms with Gasteiger partial charge in [0.15, 0.2) is 15.8 Å². The lowest BCUT2D eigenvalue weighted by Crippen LogP contribution is -2.29. The minimum absolute atomic E-state index is 0.0857. The van der Waals surface area contributed by atoms with E-state index in [4.69, 9.17) is 16.3 Å². The van der Waals surface area contributed by atoms with Gasteiger partial charge in [-0.25, -0.2) is 0 Å². The Bertz CT molecular complexity index is 1560. The molecule has 198 valence electrons. The first kappa shape index (κ1) is 26.7. The Kier molecular flexibility index (Phi) is 7.87. The first-order valence-corrected chi connectivity index (χ1v) is 14.1. The van der Waals surface area contributed by atoms with Crippen molar-refractivity contribution in [2.24, 2.45) is 0 Å². The van der Waals surface area contributed by atoms with Crippen LogP contribution < -0.4 is 9.64 Å². The number of carbonyl (C=O) groups is 2. The van der Waals surface area contributed by atoms with Gasteiger partial charge in [-0.1, -0.05) is 83.2 Å². The fourth-order valence-electron chi connectivity index (χ4n) is 4.15. The molecule has 2 heterocycles. The number of rotatable bonds is 8. The normalized spacial score (nSPS) is 16.6. The third kappa shape index (κ3) is 5.49. The number of Topliss-reactive ketones (excluding diaryl/α,β-unsaturated/α-hetero) is 1. The summed E-state index contributed by atoms with van der Waals surface area (Å²) in [6.45, 7) is 2.07. The number of aliphatic hydroxyl groups excluding tert-OH is 1. The molecule has 0 bridgehead atoms. The number of phenolic OH excluding ortho intramolecular Hbond substituents is 1. The van der Waals surface area contributed by atoms with Gasteiger partial charge < -0.3 is 14.9 Å². The number of thioether (sulfide) groups is 1. The molecular formula is C28H22ClN3O5S2. The van der Waals surface area contributed by atoms with Gasteiger partial charge in [0, 0.05) is 16.3 Å². The van der Waals surface area contributed by atoms with Crippen LogP contribution in [0.5, 0.6) is 11.5 Å². The molecule has 1 aliphatic heterocycles. The van der Waals surface area contributed by atoms with Crippen molar-refractivity contribution >= 4 is 57.3 Å². The quantitative estimate of drug-likeness (QED) is 0.0832. The van der Waals surface area contributed by atoms with Gasteiger partial charge in [-0.05, 0) is 42.3 Å². The van der Waals surface area contributed by atoms with E-state index >= 15 is 0 Å². The average Bonchev–Trinajstić information content (AvgIpc) is 3.52. The summed E-state index contributed by atoms with van der Waals surface area (Å²) < 4.78 is 6.14. The van der Waals surface area contributed by atoms with E-state index in [2.05, 4.69) is 10.2 Å². The van der Waals surface area contributed by atoms with Gasteiger partial charge in [-0.3, -0.25) is 14.5 Å². The van der Waals surface area contributed by atoms with Gasteiger partial charge >= 0.3 is 5.91 Å². The SMILES string of the molecule is CCOc1cc(C2/C(=C(/O)c3ccccc3)C(=O)C(=O)N2c2nnc(SCc3ccc(Cl)cc3)s2)ccc1O. The third-order valence-corrected chi connectivity index (χ3v) is 8.35. The van der Waals surface area contributed by atoms with E-state index < -0.39 is 17.7 Å². The van der Waals surface area contributed by atoms with Gasteiger partial charge in [0.25, 0.3) is 5.78 Å². The first-order valence-electron chi connectivity index (χ1n) is 11.9. The maximum atomic E-state index is 13.4. The van der Waals surface area contributed by atoms with Gasteiger partial charge in [0.1, 0.15) is 5.76 Å². The predicted octanol–water partition coefficient (Wildman–Crippen LogP) is 6.21. The minimum atomic E-state index is -1.02. The largest absolute Gasteiger partial charge is 0.507 e. The Hall–Kier alpha value is -3.86. The second-order valence-electron chi connectivity index (χ2n) is 8.46. The summed E-state index contributed by atoms with van der Waals surface area (Å²) in [6.07, 6.45) is 0. The number of carbonyl (C=O) groups excluding carboxylic acids is 2. The topological polar surface area (TPSA) is 113 Å². The summed E-state index contributed by atoms with van der Waals surface area (Å²) >= 11 is 8.57. The van der Waals surface area contributed by atoms with Gasteiger partial charge in [0.2, 0.25) is 5.13 Å². The molecule has 5 rings (SSSR count). The van der Waals surface area contributed by atoms with E-state index in [9.17, 15) is 19.8 Å². The molecule has 1 atom stereocenters. The number of ether oxygens (including phenoxy) is 1. The Morgan fingerprint density at radius 2 is 1.82 bits per heavy atom. The number of phenols is 1. The number of amides is 1. The number of nitrogens with zero attached hydrogens (tertiary/aromatic N) is 3. The molecule has 4 aromatic rings. The smallest absolute Gasteiger partial charge is 0.301 e. The lowest BCUT2D eigenvalue weighted by Gasteiger charge is -2.23.